The fourth-order valence-corrected chi connectivity index (χ4v) is 3.21. The van der Waals surface area contributed by atoms with Crippen molar-refractivity contribution in [3.05, 3.63) is 46.4 Å². The molecule has 0 saturated carbocycles. The van der Waals surface area contributed by atoms with E-state index in [1.165, 1.54) is 6.26 Å². The zero-order chi connectivity index (χ0) is 14.3. The Morgan fingerprint density at radius 1 is 1.20 bits per heavy atom. The number of hydrogen-bond donors (Lipinski definition) is 0. The molecule has 2 heterocycles. The first-order valence-electron chi connectivity index (χ1n) is 5.80. The van der Waals surface area contributed by atoms with Crippen LogP contribution in [0.25, 0.3) is 22.2 Å². The molecule has 0 aliphatic heterocycles. The topological polar surface area (TPSA) is 60.2 Å². The molecule has 0 atom stereocenters. The van der Waals surface area contributed by atoms with Crippen LogP contribution in [0, 0.1) is 3.77 Å². The van der Waals surface area contributed by atoms with Crippen molar-refractivity contribution in [3.63, 3.8) is 0 Å². The van der Waals surface area contributed by atoms with E-state index in [9.17, 15) is 8.42 Å². The van der Waals surface area contributed by atoms with E-state index in [-0.39, 0.29) is 0 Å². The second-order valence-electron chi connectivity index (χ2n) is 4.42. The summed E-state index contributed by atoms with van der Waals surface area (Å²) in [6.07, 6.45) is 2.89. The molecule has 0 radical (unpaired) electrons. The third kappa shape index (κ3) is 2.45. The summed E-state index contributed by atoms with van der Waals surface area (Å²) in [6.45, 7) is 0. The van der Waals surface area contributed by atoms with Crippen molar-refractivity contribution in [2.24, 2.45) is 0 Å². The molecular weight excluding hydrogens is 389 g/mol. The van der Waals surface area contributed by atoms with Crippen molar-refractivity contribution >= 4 is 43.5 Å². The van der Waals surface area contributed by atoms with Gasteiger partial charge in [0.1, 0.15) is 5.52 Å². The van der Waals surface area contributed by atoms with Gasteiger partial charge in [-0.3, -0.25) is 4.98 Å². The Bertz CT molecular complexity index is 900. The molecule has 102 valence electrons. The van der Waals surface area contributed by atoms with E-state index >= 15 is 0 Å². The van der Waals surface area contributed by atoms with Gasteiger partial charge < -0.3 is 4.42 Å². The van der Waals surface area contributed by atoms with E-state index in [0.717, 1.165) is 20.4 Å². The lowest BCUT2D eigenvalue weighted by molar-refractivity contribution is 0.584. The minimum atomic E-state index is -3.23. The zero-order valence-electron chi connectivity index (χ0n) is 10.5. The molecular formula is C14H10INO3S. The fraction of sp³-hybridized carbons (Fsp3) is 0.0714. The Hall–Kier alpha value is -1.41. The van der Waals surface area contributed by atoms with Crippen molar-refractivity contribution in [1.82, 2.24) is 4.98 Å². The number of hydrogen-bond acceptors (Lipinski definition) is 4. The summed E-state index contributed by atoms with van der Waals surface area (Å²) in [7, 11) is -3.23. The van der Waals surface area contributed by atoms with Gasteiger partial charge in [0, 0.05) is 24.1 Å². The second-order valence-corrected chi connectivity index (χ2v) is 7.50. The first-order valence-corrected chi connectivity index (χ1v) is 8.77. The highest BCUT2D eigenvalue weighted by atomic mass is 127. The van der Waals surface area contributed by atoms with Gasteiger partial charge in [-0.15, -0.1) is 0 Å². The van der Waals surface area contributed by atoms with Crippen LogP contribution < -0.4 is 0 Å². The van der Waals surface area contributed by atoms with E-state index in [2.05, 4.69) is 27.6 Å². The van der Waals surface area contributed by atoms with E-state index in [1.807, 2.05) is 18.2 Å². The SMILES string of the molecule is CS(=O)(=O)c1cccc(-c2ccnc3cc(I)oc23)c1. The fourth-order valence-electron chi connectivity index (χ4n) is 2.03. The third-order valence-corrected chi connectivity index (χ3v) is 4.60. The molecule has 0 unspecified atom stereocenters. The summed E-state index contributed by atoms with van der Waals surface area (Å²) < 4.78 is 29.7. The lowest BCUT2D eigenvalue weighted by atomic mass is 10.1. The van der Waals surface area contributed by atoms with Gasteiger partial charge in [-0.2, -0.15) is 0 Å². The Balaban J connectivity index is 2.26. The normalized spacial score (nSPS) is 11.9. The highest BCUT2D eigenvalue weighted by Crippen LogP contribution is 2.31. The smallest absolute Gasteiger partial charge is 0.175 e. The Morgan fingerprint density at radius 2 is 2.00 bits per heavy atom. The van der Waals surface area contributed by atoms with Crippen LogP contribution in [0.5, 0.6) is 0 Å². The number of benzene rings is 1. The molecule has 0 bridgehead atoms. The second kappa shape index (κ2) is 4.85. The molecule has 3 rings (SSSR count). The van der Waals surface area contributed by atoms with E-state index in [1.54, 1.807) is 24.4 Å². The van der Waals surface area contributed by atoms with Crippen LogP contribution in [0.1, 0.15) is 0 Å². The summed E-state index contributed by atoms with van der Waals surface area (Å²) in [5.41, 5.74) is 3.06. The Morgan fingerprint density at radius 3 is 2.75 bits per heavy atom. The highest BCUT2D eigenvalue weighted by Gasteiger charge is 2.12. The largest absolute Gasteiger partial charge is 0.448 e. The maximum absolute atomic E-state index is 11.6. The number of sulfone groups is 1. The average Bonchev–Trinajstić information content (AvgIpc) is 2.77. The molecule has 0 spiro atoms. The first-order chi connectivity index (χ1) is 9.45. The van der Waals surface area contributed by atoms with Gasteiger partial charge in [0.2, 0.25) is 0 Å². The van der Waals surface area contributed by atoms with Gasteiger partial charge in [0.15, 0.2) is 19.2 Å². The lowest BCUT2D eigenvalue weighted by Crippen LogP contribution is -1.96. The molecule has 0 fully saturated rings. The molecule has 0 N–H and O–H groups in total. The number of rotatable bonds is 2. The summed E-state index contributed by atoms with van der Waals surface area (Å²) >= 11 is 2.09. The standard InChI is InChI=1S/C14H10INO3S/c1-20(17,18)10-4-2-3-9(7-10)11-5-6-16-12-8-13(15)19-14(11)12/h2-8H,1H3. The van der Waals surface area contributed by atoms with Crippen molar-refractivity contribution in [2.45, 2.75) is 4.90 Å². The van der Waals surface area contributed by atoms with Gasteiger partial charge in [-0.1, -0.05) is 12.1 Å². The van der Waals surface area contributed by atoms with E-state index in [0.29, 0.717) is 10.5 Å². The van der Waals surface area contributed by atoms with Gasteiger partial charge in [0.25, 0.3) is 0 Å². The van der Waals surface area contributed by atoms with Gasteiger partial charge >= 0.3 is 0 Å². The first kappa shape index (κ1) is 13.6. The predicted molar refractivity (Wildman–Crippen MR) is 85.3 cm³/mol. The molecule has 0 aliphatic carbocycles. The van der Waals surface area contributed by atoms with Gasteiger partial charge in [-0.25, -0.2) is 8.42 Å². The maximum Gasteiger partial charge on any atom is 0.175 e. The minimum absolute atomic E-state index is 0.293. The van der Waals surface area contributed by atoms with Gasteiger partial charge in [-0.05, 0) is 46.4 Å². The molecule has 0 amide bonds. The molecule has 2 aromatic heterocycles. The van der Waals surface area contributed by atoms with Crippen molar-refractivity contribution in [3.8, 4) is 11.1 Å². The Kier molecular flexibility index (Phi) is 3.29. The summed E-state index contributed by atoms with van der Waals surface area (Å²) in [5, 5.41) is 0. The van der Waals surface area contributed by atoms with Crippen molar-refractivity contribution in [2.75, 3.05) is 6.26 Å². The van der Waals surface area contributed by atoms with Crippen LogP contribution in [0.3, 0.4) is 0 Å². The van der Waals surface area contributed by atoms with Crippen LogP contribution in [0.2, 0.25) is 0 Å². The average molecular weight is 399 g/mol. The molecule has 4 nitrogen and oxygen atoms in total. The minimum Gasteiger partial charge on any atom is -0.448 e. The lowest BCUT2D eigenvalue weighted by Gasteiger charge is -2.04. The number of pyridine rings is 1. The zero-order valence-corrected chi connectivity index (χ0v) is 13.5. The summed E-state index contributed by atoms with van der Waals surface area (Å²) in [5.74, 6) is 0. The predicted octanol–water partition coefficient (Wildman–Crippen LogP) is 3.50. The van der Waals surface area contributed by atoms with Crippen molar-refractivity contribution < 1.29 is 12.8 Å². The van der Waals surface area contributed by atoms with Crippen LogP contribution >= 0.6 is 22.6 Å². The quantitative estimate of drug-likeness (QED) is 0.619. The molecule has 20 heavy (non-hydrogen) atoms. The summed E-state index contributed by atoms with van der Waals surface area (Å²) in [4.78, 5) is 4.54. The van der Waals surface area contributed by atoms with Crippen LogP contribution in [0.4, 0.5) is 0 Å². The van der Waals surface area contributed by atoms with Crippen LogP contribution in [-0.2, 0) is 9.84 Å². The highest BCUT2D eigenvalue weighted by molar-refractivity contribution is 14.1. The van der Waals surface area contributed by atoms with Gasteiger partial charge in [0.05, 0.1) is 4.90 Å². The summed E-state index contributed by atoms with van der Waals surface area (Å²) in [6, 6.07) is 10.5. The molecule has 0 saturated heterocycles. The number of halogens is 1. The monoisotopic (exact) mass is 399 g/mol. The number of aromatic nitrogens is 1. The van der Waals surface area contributed by atoms with Crippen LogP contribution in [-0.4, -0.2) is 19.7 Å². The molecule has 1 aromatic carbocycles. The maximum atomic E-state index is 11.6. The Labute approximate surface area is 129 Å². The van der Waals surface area contributed by atoms with E-state index in [4.69, 9.17) is 4.42 Å². The number of furan rings is 1. The molecule has 3 aromatic rings. The molecule has 0 aliphatic rings. The number of fused-ring (bicyclic) bond motifs is 1. The third-order valence-electron chi connectivity index (χ3n) is 2.96. The molecule has 6 heteroatoms. The van der Waals surface area contributed by atoms with E-state index < -0.39 is 9.84 Å². The number of nitrogens with zero attached hydrogens (tertiary/aromatic N) is 1. The van der Waals surface area contributed by atoms with Crippen LogP contribution in [0.15, 0.2) is 51.9 Å². The van der Waals surface area contributed by atoms with Crippen molar-refractivity contribution in [1.29, 1.82) is 0 Å².